The van der Waals surface area contributed by atoms with Gasteiger partial charge in [-0.15, -0.1) is 0 Å². The second kappa shape index (κ2) is 8.34. The number of pyridine rings is 1. The monoisotopic (exact) mass is 458 g/mol. The summed E-state index contributed by atoms with van der Waals surface area (Å²) in [5, 5.41) is 2.83. The fourth-order valence-electron chi connectivity index (χ4n) is 3.16. The Bertz CT molecular complexity index is 1350. The molecule has 3 rings (SSSR count). The average Bonchev–Trinajstić information content (AvgIpc) is 2.64. The number of carbonyl (C=O) groups is 1. The van der Waals surface area contributed by atoms with Crippen LogP contribution in [0.4, 0.5) is 10.5 Å². The Kier molecular flexibility index (Phi) is 6.10. The van der Waals surface area contributed by atoms with Gasteiger partial charge in [0.2, 0.25) is 15.0 Å². The molecule has 2 heterocycles. The predicted octanol–water partition coefficient (Wildman–Crippen LogP) is 3.65. The van der Waals surface area contributed by atoms with Crippen LogP contribution in [0.2, 0.25) is 0 Å². The van der Waals surface area contributed by atoms with Gasteiger partial charge in [0.25, 0.3) is 5.56 Å². The Hall–Kier alpha value is -3.27. The van der Waals surface area contributed by atoms with Crippen LogP contribution < -0.4 is 10.9 Å². The van der Waals surface area contributed by atoms with E-state index >= 15 is 0 Å². The molecule has 0 atom stereocenters. The topological polar surface area (TPSA) is 120 Å². The third-order valence-electron chi connectivity index (χ3n) is 4.47. The molecule has 0 saturated heterocycles. The molecule has 1 amide bonds. The molecule has 10 heteroatoms. The molecule has 1 N–H and O–H groups in total. The number of amides is 1. The zero-order valence-electron chi connectivity index (χ0n) is 18.8. The van der Waals surface area contributed by atoms with E-state index in [1.165, 1.54) is 16.8 Å². The lowest BCUT2D eigenvalue weighted by molar-refractivity contribution is 0.0636. The molecule has 0 unspecified atom stereocenters. The van der Waals surface area contributed by atoms with Crippen LogP contribution >= 0.6 is 0 Å². The minimum absolute atomic E-state index is 0.00676. The van der Waals surface area contributed by atoms with Gasteiger partial charge < -0.3 is 4.74 Å². The van der Waals surface area contributed by atoms with Crippen LogP contribution in [0.5, 0.6) is 0 Å². The molecule has 0 spiro atoms. The summed E-state index contributed by atoms with van der Waals surface area (Å²) in [6.07, 6.45) is 1.80. The van der Waals surface area contributed by atoms with Gasteiger partial charge in [-0.3, -0.25) is 14.7 Å². The lowest BCUT2D eigenvalue weighted by Crippen LogP contribution is -2.27. The van der Waals surface area contributed by atoms with E-state index in [0.29, 0.717) is 22.3 Å². The lowest BCUT2D eigenvalue weighted by Gasteiger charge is -2.20. The largest absolute Gasteiger partial charge is 0.444 e. The highest BCUT2D eigenvalue weighted by molar-refractivity contribution is 7.90. The second-order valence-corrected chi connectivity index (χ2v) is 10.7. The Morgan fingerprint density at radius 1 is 1.19 bits per heavy atom. The number of ether oxygens (including phenoxy) is 1. The van der Waals surface area contributed by atoms with Crippen LogP contribution in [-0.4, -0.2) is 40.9 Å². The maximum atomic E-state index is 13.1. The number of rotatable bonds is 4. The fourth-order valence-corrected chi connectivity index (χ4v) is 3.66. The van der Waals surface area contributed by atoms with Gasteiger partial charge in [0.05, 0.1) is 5.69 Å². The molecule has 0 bridgehead atoms. The quantitative estimate of drug-likeness (QED) is 0.592. The van der Waals surface area contributed by atoms with Gasteiger partial charge in [0, 0.05) is 29.6 Å². The van der Waals surface area contributed by atoms with Crippen LogP contribution in [0.15, 0.2) is 46.5 Å². The third kappa shape index (κ3) is 5.13. The van der Waals surface area contributed by atoms with Gasteiger partial charge in [-0.25, -0.2) is 18.2 Å². The first-order valence-electron chi connectivity index (χ1n) is 9.99. The van der Waals surface area contributed by atoms with Crippen LogP contribution in [0.25, 0.3) is 16.7 Å². The van der Waals surface area contributed by atoms with Gasteiger partial charge >= 0.3 is 6.09 Å². The number of nitrogens with zero attached hydrogens (tertiary/aromatic N) is 3. The molecular formula is C22H26N4O5S. The molecule has 0 aliphatic heterocycles. The summed E-state index contributed by atoms with van der Waals surface area (Å²) < 4.78 is 30.7. The number of carbonyl (C=O) groups excluding carboxylic acids is 1. The number of anilines is 1. The van der Waals surface area contributed by atoms with Gasteiger partial charge in [0.15, 0.2) is 5.65 Å². The number of fused-ring (bicyclic) bond motifs is 1. The first-order valence-corrected chi connectivity index (χ1v) is 11.9. The van der Waals surface area contributed by atoms with Crippen molar-refractivity contribution in [1.82, 2.24) is 14.5 Å². The number of hydrogen-bond donors (Lipinski definition) is 1. The van der Waals surface area contributed by atoms with E-state index in [1.54, 1.807) is 45.0 Å². The van der Waals surface area contributed by atoms with Crippen molar-refractivity contribution >= 4 is 32.7 Å². The molecule has 1 aromatic carbocycles. The van der Waals surface area contributed by atoms with Crippen molar-refractivity contribution in [2.24, 2.45) is 0 Å². The molecule has 170 valence electrons. The highest BCUT2D eigenvalue weighted by Gasteiger charge is 2.20. The molecule has 0 fully saturated rings. The molecule has 32 heavy (non-hydrogen) atoms. The number of sulfone groups is 1. The maximum absolute atomic E-state index is 13.1. The van der Waals surface area contributed by atoms with Crippen LogP contribution in [-0.2, 0) is 14.6 Å². The minimum Gasteiger partial charge on any atom is -0.444 e. The average molecular weight is 459 g/mol. The van der Waals surface area contributed by atoms with Crippen molar-refractivity contribution in [3.63, 3.8) is 0 Å². The summed E-state index contributed by atoms with van der Waals surface area (Å²) in [7, 11) is -3.69. The Morgan fingerprint density at radius 3 is 2.47 bits per heavy atom. The number of hydrogen-bond acceptors (Lipinski definition) is 7. The fraction of sp³-hybridized carbons (Fsp3) is 0.364. The number of aromatic nitrogens is 3. The maximum Gasteiger partial charge on any atom is 0.412 e. The summed E-state index contributed by atoms with van der Waals surface area (Å²) in [5.74, 6) is -0.00676. The SMILES string of the molecule is CC(C)c1cc(=O)n(-c2cccc(NC(=O)OC(C)(C)C)c2)c2nc(S(C)(=O)=O)ncc12. The van der Waals surface area contributed by atoms with Crippen LogP contribution in [0, 0.1) is 0 Å². The molecule has 0 saturated carbocycles. The Morgan fingerprint density at radius 2 is 1.88 bits per heavy atom. The summed E-state index contributed by atoms with van der Waals surface area (Å²) in [5.41, 5.74) is 0.647. The van der Waals surface area contributed by atoms with Crippen molar-refractivity contribution in [1.29, 1.82) is 0 Å². The van der Waals surface area contributed by atoms with E-state index in [1.807, 2.05) is 13.8 Å². The molecule has 3 aromatic rings. The Balaban J connectivity index is 2.20. The zero-order chi connectivity index (χ0) is 23.8. The lowest BCUT2D eigenvalue weighted by atomic mass is 10.0. The van der Waals surface area contributed by atoms with Crippen molar-refractivity contribution in [2.45, 2.75) is 51.3 Å². The van der Waals surface area contributed by atoms with Crippen molar-refractivity contribution in [3.05, 3.63) is 52.4 Å². The van der Waals surface area contributed by atoms with E-state index in [0.717, 1.165) is 6.26 Å². The number of benzene rings is 1. The van der Waals surface area contributed by atoms with Crippen LogP contribution in [0.3, 0.4) is 0 Å². The third-order valence-corrected chi connectivity index (χ3v) is 5.33. The molecule has 9 nitrogen and oxygen atoms in total. The standard InChI is InChI=1S/C22H26N4O5S/c1-13(2)16-11-18(27)26(19-17(16)12-23-20(25-19)32(6,29)30)15-9-7-8-14(10-15)24-21(28)31-22(3,4)5/h7-13H,1-6H3,(H,24,28). The second-order valence-electron chi connectivity index (χ2n) is 8.77. The molecule has 2 aromatic heterocycles. The summed E-state index contributed by atoms with van der Waals surface area (Å²) in [4.78, 5) is 33.4. The molecular weight excluding hydrogens is 432 g/mol. The molecule has 0 aliphatic rings. The summed E-state index contributed by atoms with van der Waals surface area (Å²) in [6.45, 7) is 9.11. The van der Waals surface area contributed by atoms with E-state index in [2.05, 4.69) is 15.3 Å². The highest BCUT2D eigenvalue weighted by atomic mass is 32.2. The number of nitrogens with one attached hydrogen (secondary N) is 1. The van der Waals surface area contributed by atoms with Crippen molar-refractivity contribution < 1.29 is 17.9 Å². The molecule has 0 aliphatic carbocycles. The smallest absolute Gasteiger partial charge is 0.412 e. The predicted molar refractivity (Wildman–Crippen MR) is 122 cm³/mol. The van der Waals surface area contributed by atoms with Gasteiger partial charge in [-0.1, -0.05) is 19.9 Å². The first-order chi connectivity index (χ1) is 14.8. The Labute approximate surface area is 186 Å². The van der Waals surface area contributed by atoms with E-state index in [4.69, 9.17) is 4.74 Å². The summed E-state index contributed by atoms with van der Waals surface area (Å²) in [6, 6.07) is 8.06. The van der Waals surface area contributed by atoms with Crippen molar-refractivity contribution in [3.8, 4) is 5.69 Å². The highest BCUT2D eigenvalue weighted by Crippen LogP contribution is 2.25. The van der Waals surface area contributed by atoms with Gasteiger partial charge in [0.1, 0.15) is 5.60 Å². The zero-order valence-corrected chi connectivity index (χ0v) is 19.6. The van der Waals surface area contributed by atoms with E-state index in [9.17, 15) is 18.0 Å². The molecule has 0 radical (unpaired) electrons. The van der Waals surface area contributed by atoms with E-state index < -0.39 is 21.5 Å². The normalized spacial score (nSPS) is 12.2. The van der Waals surface area contributed by atoms with Gasteiger partial charge in [-0.2, -0.15) is 4.98 Å². The van der Waals surface area contributed by atoms with Crippen LogP contribution in [0.1, 0.15) is 46.1 Å². The van der Waals surface area contributed by atoms with Gasteiger partial charge in [-0.05, 0) is 50.5 Å². The van der Waals surface area contributed by atoms with Crippen molar-refractivity contribution in [2.75, 3.05) is 11.6 Å². The summed E-state index contributed by atoms with van der Waals surface area (Å²) >= 11 is 0. The minimum atomic E-state index is -3.69. The van der Waals surface area contributed by atoms with E-state index in [-0.39, 0.29) is 22.3 Å². The first kappa shape index (κ1) is 23.4.